The molecule has 0 unspecified atom stereocenters. The molecule has 1 heterocycles. The smallest absolute Gasteiger partial charge is 0.450 e. The van der Waals surface area contributed by atoms with Crippen LogP contribution in [0, 0.1) is 0 Å². The number of ether oxygens (including phenoxy) is 1. The Morgan fingerprint density at radius 1 is 0.875 bits per heavy atom. The first kappa shape index (κ1) is 21.9. The van der Waals surface area contributed by atoms with Gasteiger partial charge in [-0.2, -0.15) is 13.2 Å². The van der Waals surface area contributed by atoms with Gasteiger partial charge in [0.25, 0.3) is 0 Å². The molecule has 4 nitrogen and oxygen atoms in total. The minimum atomic E-state index is -4.95. The van der Waals surface area contributed by atoms with E-state index in [1.165, 1.54) is 60.7 Å². The molecule has 0 amide bonds. The average molecular weight is 479 g/mol. The minimum absolute atomic E-state index is 0.00983. The molecule has 1 aromatic heterocycles. The van der Waals surface area contributed by atoms with Crippen LogP contribution in [0.4, 0.5) is 13.2 Å². The largest absolute Gasteiger partial charge is 0.450 e. The molecule has 32 heavy (non-hydrogen) atoms. The summed E-state index contributed by atoms with van der Waals surface area (Å²) < 4.78 is 51.5. The van der Waals surface area contributed by atoms with Crippen molar-refractivity contribution in [1.29, 1.82) is 0 Å². The van der Waals surface area contributed by atoms with Gasteiger partial charge in [0.05, 0.1) is 16.5 Å². The number of halogens is 5. The van der Waals surface area contributed by atoms with Gasteiger partial charge in [0.1, 0.15) is 11.3 Å². The molecule has 4 rings (SSSR count). The number of fused-ring (bicyclic) bond motifs is 1. The summed E-state index contributed by atoms with van der Waals surface area (Å²) in [4.78, 5) is 25.2. The van der Waals surface area contributed by atoms with Crippen molar-refractivity contribution in [1.82, 2.24) is 0 Å². The second-order valence-corrected chi connectivity index (χ2v) is 7.57. The topological polar surface area (TPSA) is 56.5 Å². The summed E-state index contributed by atoms with van der Waals surface area (Å²) in [5.74, 6) is -2.30. The molecule has 0 aliphatic heterocycles. The number of benzene rings is 3. The highest BCUT2D eigenvalue weighted by atomic mass is 35.5. The number of carbonyl (C=O) groups excluding carboxylic acids is 1. The Balaban J connectivity index is 1.81. The van der Waals surface area contributed by atoms with Gasteiger partial charge in [-0.3, -0.25) is 4.79 Å². The van der Waals surface area contributed by atoms with E-state index in [1.54, 1.807) is 0 Å². The first-order chi connectivity index (χ1) is 15.1. The Kier molecular flexibility index (Phi) is 5.71. The highest BCUT2D eigenvalue weighted by molar-refractivity contribution is 6.31. The summed E-state index contributed by atoms with van der Waals surface area (Å²) in [6.45, 7) is 0. The Labute approximate surface area is 188 Å². The fourth-order valence-corrected chi connectivity index (χ4v) is 3.32. The Hall–Kier alpha value is -3.29. The van der Waals surface area contributed by atoms with Crippen molar-refractivity contribution in [2.75, 3.05) is 0 Å². The second kappa shape index (κ2) is 8.33. The monoisotopic (exact) mass is 478 g/mol. The van der Waals surface area contributed by atoms with Crippen LogP contribution in [-0.2, 0) is 6.18 Å². The van der Waals surface area contributed by atoms with Crippen LogP contribution >= 0.6 is 23.2 Å². The van der Waals surface area contributed by atoms with E-state index in [4.69, 9.17) is 32.4 Å². The molecule has 3 aromatic carbocycles. The molecule has 0 aliphatic carbocycles. The number of hydrogen-bond acceptors (Lipinski definition) is 4. The quantitative estimate of drug-likeness (QED) is 0.235. The SMILES string of the molecule is O=C(Oc1ccc2c(=O)c(-c3ccc(Cl)cc3)c(C(F)(F)F)oc2c1)c1ccc(Cl)cc1. The highest BCUT2D eigenvalue weighted by Gasteiger charge is 2.39. The van der Waals surface area contributed by atoms with Gasteiger partial charge in [0, 0.05) is 16.1 Å². The van der Waals surface area contributed by atoms with Gasteiger partial charge in [-0.05, 0) is 54.1 Å². The van der Waals surface area contributed by atoms with Gasteiger partial charge in [-0.15, -0.1) is 0 Å². The molecule has 0 atom stereocenters. The van der Waals surface area contributed by atoms with E-state index >= 15 is 0 Å². The second-order valence-electron chi connectivity index (χ2n) is 6.69. The third-order valence-electron chi connectivity index (χ3n) is 4.54. The minimum Gasteiger partial charge on any atom is -0.450 e. The molecule has 0 spiro atoms. The van der Waals surface area contributed by atoms with Crippen LogP contribution in [0.2, 0.25) is 10.0 Å². The maximum absolute atomic E-state index is 13.7. The van der Waals surface area contributed by atoms with Crippen molar-refractivity contribution in [3.8, 4) is 16.9 Å². The zero-order valence-corrected chi connectivity index (χ0v) is 17.4. The predicted molar refractivity (Wildman–Crippen MR) is 114 cm³/mol. The third-order valence-corrected chi connectivity index (χ3v) is 5.05. The van der Waals surface area contributed by atoms with Crippen molar-refractivity contribution in [3.05, 3.63) is 98.3 Å². The van der Waals surface area contributed by atoms with Crippen molar-refractivity contribution in [3.63, 3.8) is 0 Å². The van der Waals surface area contributed by atoms with Crippen molar-refractivity contribution in [2.45, 2.75) is 6.18 Å². The van der Waals surface area contributed by atoms with Gasteiger partial charge in [-0.1, -0.05) is 35.3 Å². The molecule has 4 aromatic rings. The van der Waals surface area contributed by atoms with E-state index < -0.39 is 28.9 Å². The van der Waals surface area contributed by atoms with E-state index in [9.17, 15) is 22.8 Å². The van der Waals surface area contributed by atoms with E-state index in [-0.39, 0.29) is 27.8 Å². The maximum Gasteiger partial charge on any atom is 0.450 e. The summed E-state index contributed by atoms with van der Waals surface area (Å²) in [6.07, 6.45) is -4.95. The van der Waals surface area contributed by atoms with Crippen LogP contribution in [0.1, 0.15) is 16.1 Å². The first-order valence-electron chi connectivity index (χ1n) is 9.05. The van der Waals surface area contributed by atoms with E-state index in [0.717, 1.165) is 6.07 Å². The summed E-state index contributed by atoms with van der Waals surface area (Å²) in [5.41, 5.74) is -1.69. The van der Waals surface area contributed by atoms with E-state index in [0.29, 0.717) is 10.0 Å². The molecule has 162 valence electrons. The Morgan fingerprint density at radius 2 is 1.47 bits per heavy atom. The van der Waals surface area contributed by atoms with Gasteiger partial charge < -0.3 is 9.15 Å². The van der Waals surface area contributed by atoms with Crippen LogP contribution in [-0.4, -0.2) is 5.97 Å². The zero-order chi connectivity index (χ0) is 23.0. The van der Waals surface area contributed by atoms with Crippen molar-refractivity contribution in [2.24, 2.45) is 0 Å². The molecule has 0 bridgehead atoms. The summed E-state index contributed by atoms with van der Waals surface area (Å²) >= 11 is 11.6. The fourth-order valence-electron chi connectivity index (χ4n) is 3.07. The molecular weight excluding hydrogens is 468 g/mol. The van der Waals surface area contributed by atoms with E-state index in [2.05, 4.69) is 0 Å². The maximum atomic E-state index is 13.7. The van der Waals surface area contributed by atoms with Crippen LogP contribution in [0.5, 0.6) is 5.75 Å². The van der Waals surface area contributed by atoms with Gasteiger partial charge in [-0.25, -0.2) is 4.79 Å². The number of carbonyl (C=O) groups is 1. The molecule has 0 aliphatic rings. The first-order valence-corrected chi connectivity index (χ1v) is 9.81. The van der Waals surface area contributed by atoms with Gasteiger partial charge in [0.2, 0.25) is 11.2 Å². The predicted octanol–water partition coefficient (Wildman–Crippen LogP) is 7.00. The number of esters is 1. The van der Waals surface area contributed by atoms with Crippen molar-refractivity contribution < 1.29 is 27.1 Å². The molecule has 0 radical (unpaired) electrons. The van der Waals surface area contributed by atoms with Gasteiger partial charge >= 0.3 is 12.1 Å². The lowest BCUT2D eigenvalue weighted by atomic mass is 10.0. The normalized spacial score (nSPS) is 11.5. The lowest BCUT2D eigenvalue weighted by Gasteiger charge is -2.13. The molecule has 0 N–H and O–H groups in total. The standard InChI is InChI=1S/C23H11Cl2F3O4/c24-14-5-1-12(2-6-14)19-20(29)17-10-9-16(11-18(17)32-21(19)23(26,27)28)31-22(30)13-3-7-15(25)8-4-13/h1-11H. The van der Waals surface area contributed by atoms with Gasteiger partial charge in [0.15, 0.2) is 0 Å². The lowest BCUT2D eigenvalue weighted by molar-refractivity contribution is -0.152. The van der Waals surface area contributed by atoms with Crippen molar-refractivity contribution >= 4 is 40.1 Å². The van der Waals surface area contributed by atoms with Crippen LogP contribution in [0.15, 0.2) is 75.9 Å². The number of rotatable bonds is 3. The zero-order valence-electron chi connectivity index (χ0n) is 15.9. The molecule has 0 saturated carbocycles. The number of alkyl halides is 3. The van der Waals surface area contributed by atoms with Crippen LogP contribution < -0.4 is 10.2 Å². The summed E-state index contributed by atoms with van der Waals surface area (Å²) in [6, 6.07) is 14.8. The molecule has 0 fully saturated rings. The highest BCUT2D eigenvalue weighted by Crippen LogP contribution is 2.38. The van der Waals surface area contributed by atoms with Crippen LogP contribution in [0.3, 0.4) is 0 Å². The lowest BCUT2D eigenvalue weighted by Crippen LogP contribution is -2.16. The Morgan fingerprint density at radius 3 is 2.06 bits per heavy atom. The summed E-state index contributed by atoms with van der Waals surface area (Å²) in [7, 11) is 0. The van der Waals surface area contributed by atoms with Crippen LogP contribution in [0.25, 0.3) is 22.1 Å². The summed E-state index contributed by atoms with van der Waals surface area (Å²) in [5, 5.41) is 0.624. The third kappa shape index (κ3) is 4.35. The molecule has 0 saturated heterocycles. The Bertz CT molecular complexity index is 1380. The molecule has 9 heteroatoms. The fraction of sp³-hybridized carbons (Fsp3) is 0.0435. The molecular formula is C23H11Cl2F3O4. The number of hydrogen-bond donors (Lipinski definition) is 0. The van der Waals surface area contributed by atoms with E-state index in [1.807, 2.05) is 0 Å². The average Bonchev–Trinajstić information content (AvgIpc) is 2.74.